The Hall–Kier alpha value is -2.29. The maximum absolute atomic E-state index is 12.6. The second-order valence-corrected chi connectivity index (χ2v) is 8.34. The molecule has 0 saturated heterocycles. The van der Waals surface area contributed by atoms with Crippen LogP contribution in [0.2, 0.25) is 0 Å². The number of ether oxygens (including phenoxy) is 2. The molecule has 148 valence electrons. The fourth-order valence-corrected chi connectivity index (χ4v) is 3.99. The van der Waals surface area contributed by atoms with E-state index < -0.39 is 17.4 Å². The molecule has 0 radical (unpaired) electrons. The van der Waals surface area contributed by atoms with E-state index in [1.165, 1.54) is 11.1 Å². The lowest BCUT2D eigenvalue weighted by molar-refractivity contribution is -0.0217. The van der Waals surface area contributed by atoms with Crippen molar-refractivity contribution >= 4 is 6.16 Å². The molecule has 2 aromatic rings. The van der Waals surface area contributed by atoms with E-state index in [4.69, 9.17) is 9.47 Å². The summed E-state index contributed by atoms with van der Waals surface area (Å²) in [6, 6.07) is 17.0. The van der Waals surface area contributed by atoms with Crippen LogP contribution in [0, 0.1) is 0 Å². The van der Waals surface area contributed by atoms with Crippen molar-refractivity contribution in [2.24, 2.45) is 0 Å². The second-order valence-electron chi connectivity index (χ2n) is 8.34. The topological polar surface area (TPSA) is 35.5 Å². The van der Waals surface area contributed by atoms with Gasteiger partial charge in [-0.05, 0) is 60.8 Å². The summed E-state index contributed by atoms with van der Waals surface area (Å²) >= 11 is 0. The lowest BCUT2D eigenvalue weighted by atomic mass is 10.0. The number of carbonyl (C=O) groups excluding carboxylic acids is 1. The van der Waals surface area contributed by atoms with Crippen molar-refractivity contribution in [3.63, 3.8) is 0 Å². The first-order chi connectivity index (χ1) is 13.6. The Bertz CT molecular complexity index is 742. The molecule has 28 heavy (non-hydrogen) atoms. The van der Waals surface area contributed by atoms with E-state index in [1.54, 1.807) is 0 Å². The van der Waals surface area contributed by atoms with Crippen molar-refractivity contribution in [2.75, 3.05) is 0 Å². The number of carbonyl (C=O) groups is 1. The smallest absolute Gasteiger partial charge is 0.423 e. The Kier molecular flexibility index (Phi) is 5.18. The number of benzene rings is 2. The lowest BCUT2D eigenvalue weighted by Gasteiger charge is -2.21. The van der Waals surface area contributed by atoms with Crippen molar-refractivity contribution in [2.45, 2.75) is 76.4 Å². The van der Waals surface area contributed by atoms with Crippen LogP contribution in [-0.4, -0.2) is 6.16 Å². The summed E-state index contributed by atoms with van der Waals surface area (Å²) < 4.78 is 11.7. The average Bonchev–Trinajstić information content (AvgIpc) is 3.62. The largest absolute Gasteiger partial charge is 0.510 e. The van der Waals surface area contributed by atoms with Crippen molar-refractivity contribution in [3.05, 3.63) is 70.8 Å². The molecule has 0 unspecified atom stereocenters. The van der Waals surface area contributed by atoms with E-state index in [2.05, 4.69) is 62.4 Å². The Morgan fingerprint density at radius 3 is 1.36 bits per heavy atom. The highest BCUT2D eigenvalue weighted by Gasteiger charge is 2.53. The van der Waals surface area contributed by atoms with Gasteiger partial charge in [0.15, 0.2) is 0 Å². The van der Waals surface area contributed by atoms with Crippen molar-refractivity contribution in [3.8, 4) is 0 Å². The maximum atomic E-state index is 12.6. The van der Waals surface area contributed by atoms with Gasteiger partial charge in [-0.25, -0.2) is 4.79 Å². The molecule has 0 amide bonds. The van der Waals surface area contributed by atoms with E-state index in [-0.39, 0.29) is 0 Å². The summed E-state index contributed by atoms with van der Waals surface area (Å²) in [6.45, 7) is 4.36. The summed E-state index contributed by atoms with van der Waals surface area (Å²) in [4.78, 5) is 12.6. The summed E-state index contributed by atoms with van der Waals surface area (Å²) in [7, 11) is 0. The van der Waals surface area contributed by atoms with Gasteiger partial charge in [0.25, 0.3) is 0 Å². The Morgan fingerprint density at radius 1 is 0.714 bits per heavy atom. The van der Waals surface area contributed by atoms with Gasteiger partial charge in [0.1, 0.15) is 11.2 Å². The molecule has 2 aliphatic rings. The zero-order valence-electron chi connectivity index (χ0n) is 17.0. The molecular formula is C25H30O3. The molecule has 0 atom stereocenters. The first kappa shape index (κ1) is 19.0. The molecule has 0 aliphatic heterocycles. The van der Waals surface area contributed by atoms with Gasteiger partial charge < -0.3 is 9.47 Å². The molecule has 2 aliphatic carbocycles. The molecular weight excluding hydrogens is 348 g/mol. The van der Waals surface area contributed by atoms with Gasteiger partial charge in [-0.1, -0.05) is 75.2 Å². The molecule has 0 N–H and O–H groups in total. The average molecular weight is 379 g/mol. The molecule has 2 saturated carbocycles. The van der Waals surface area contributed by atoms with E-state index >= 15 is 0 Å². The monoisotopic (exact) mass is 378 g/mol. The van der Waals surface area contributed by atoms with Crippen LogP contribution in [0.3, 0.4) is 0 Å². The number of rotatable bonds is 8. The van der Waals surface area contributed by atoms with E-state index in [1.807, 2.05) is 0 Å². The molecule has 3 heteroatoms. The predicted octanol–water partition coefficient (Wildman–Crippen LogP) is 6.42. The molecule has 0 bridgehead atoms. The summed E-state index contributed by atoms with van der Waals surface area (Å²) in [5.74, 6) is 0. The highest BCUT2D eigenvalue weighted by Crippen LogP contribution is 2.52. The van der Waals surface area contributed by atoms with Crippen molar-refractivity contribution in [1.82, 2.24) is 0 Å². The molecule has 0 spiro atoms. The van der Waals surface area contributed by atoms with Gasteiger partial charge in [0.05, 0.1) is 0 Å². The van der Waals surface area contributed by atoms with E-state index in [0.29, 0.717) is 0 Å². The standard InChI is InChI=1S/C25H30O3/c1-3-5-19-7-11-21(12-8-19)24(15-16-24)27-23(26)28-25(17-18-25)22-13-9-20(6-4-2)10-14-22/h7-14H,3-6,15-18H2,1-2H3. The minimum atomic E-state index is -0.537. The first-order valence-corrected chi connectivity index (χ1v) is 10.7. The zero-order valence-corrected chi connectivity index (χ0v) is 17.0. The highest BCUT2D eigenvalue weighted by molar-refractivity contribution is 5.63. The lowest BCUT2D eigenvalue weighted by Crippen LogP contribution is -2.24. The number of aryl methyl sites for hydroxylation is 2. The summed E-state index contributed by atoms with van der Waals surface area (Å²) in [6.07, 6.45) is 7.36. The van der Waals surface area contributed by atoms with Crippen LogP contribution in [0.1, 0.15) is 74.6 Å². The fourth-order valence-electron chi connectivity index (χ4n) is 3.99. The van der Waals surface area contributed by atoms with Gasteiger partial charge in [-0.3, -0.25) is 0 Å². The fraction of sp³-hybridized carbons (Fsp3) is 0.480. The molecule has 0 heterocycles. The molecule has 0 aromatic heterocycles. The minimum absolute atomic E-state index is 0.483. The Morgan fingerprint density at radius 2 is 1.07 bits per heavy atom. The van der Waals surface area contributed by atoms with Crippen LogP contribution >= 0.6 is 0 Å². The molecule has 2 fully saturated rings. The third kappa shape index (κ3) is 3.94. The van der Waals surface area contributed by atoms with Crippen LogP contribution in [0.4, 0.5) is 4.79 Å². The molecule has 3 nitrogen and oxygen atoms in total. The highest BCUT2D eigenvalue weighted by atomic mass is 16.7. The van der Waals surface area contributed by atoms with Crippen LogP contribution in [0.5, 0.6) is 0 Å². The summed E-state index contributed by atoms with van der Waals surface area (Å²) in [5, 5.41) is 0. The predicted molar refractivity (Wildman–Crippen MR) is 110 cm³/mol. The number of hydrogen-bond donors (Lipinski definition) is 0. The molecule has 2 aromatic carbocycles. The normalized spacial score (nSPS) is 18.4. The van der Waals surface area contributed by atoms with Gasteiger partial charge in [0.2, 0.25) is 0 Å². The summed E-state index contributed by atoms with van der Waals surface area (Å²) in [5.41, 5.74) is 3.85. The Labute approximate surface area is 168 Å². The van der Waals surface area contributed by atoms with Crippen molar-refractivity contribution < 1.29 is 14.3 Å². The van der Waals surface area contributed by atoms with Crippen LogP contribution in [0.25, 0.3) is 0 Å². The van der Waals surface area contributed by atoms with Crippen LogP contribution < -0.4 is 0 Å². The minimum Gasteiger partial charge on any atom is -0.423 e. The van der Waals surface area contributed by atoms with Crippen LogP contribution in [0.15, 0.2) is 48.5 Å². The Balaban J connectivity index is 1.40. The van der Waals surface area contributed by atoms with Gasteiger partial charge in [-0.15, -0.1) is 0 Å². The zero-order chi connectivity index (χ0) is 19.6. The quantitative estimate of drug-likeness (QED) is 0.497. The molecule has 4 rings (SSSR count). The van der Waals surface area contributed by atoms with Gasteiger partial charge in [-0.2, -0.15) is 0 Å². The van der Waals surface area contributed by atoms with Crippen LogP contribution in [-0.2, 0) is 33.5 Å². The third-order valence-electron chi connectivity index (χ3n) is 6.00. The van der Waals surface area contributed by atoms with Gasteiger partial charge >= 0.3 is 6.16 Å². The van der Waals surface area contributed by atoms with E-state index in [9.17, 15) is 4.79 Å². The second kappa shape index (κ2) is 7.62. The SMILES string of the molecule is CCCc1ccc(C2(OC(=O)OC3(c4ccc(CCC)cc4)CC3)CC2)cc1. The third-order valence-corrected chi connectivity index (χ3v) is 6.00. The maximum Gasteiger partial charge on any atom is 0.510 e. The first-order valence-electron chi connectivity index (χ1n) is 10.7. The van der Waals surface area contributed by atoms with Crippen molar-refractivity contribution in [1.29, 1.82) is 0 Å². The van der Waals surface area contributed by atoms with E-state index in [0.717, 1.165) is 62.5 Å². The number of hydrogen-bond acceptors (Lipinski definition) is 3. The van der Waals surface area contributed by atoms with Gasteiger partial charge in [0, 0.05) is 0 Å².